The molecule has 0 aromatic carbocycles. The quantitative estimate of drug-likeness (QED) is 0.197. The van der Waals surface area contributed by atoms with Crippen molar-refractivity contribution in [3.05, 3.63) is 38.7 Å². The van der Waals surface area contributed by atoms with E-state index in [4.69, 9.17) is 19.0 Å². The highest BCUT2D eigenvalue weighted by Crippen LogP contribution is 2.47. The van der Waals surface area contributed by atoms with Crippen molar-refractivity contribution in [2.45, 2.75) is 65.0 Å². The largest absolute Gasteiger partial charge is 0.394 e. The molecule has 1 aromatic rings. The van der Waals surface area contributed by atoms with Gasteiger partial charge in [0, 0.05) is 43.7 Å². The molecule has 1 aliphatic rings. The summed E-state index contributed by atoms with van der Waals surface area (Å²) in [5.74, 6) is -0.651. The summed E-state index contributed by atoms with van der Waals surface area (Å²) in [6, 6.07) is 2.34. The van der Waals surface area contributed by atoms with E-state index < -0.39 is 38.0 Å². The molecule has 1 unspecified atom stereocenters. The van der Waals surface area contributed by atoms with Gasteiger partial charge < -0.3 is 24.2 Å². The van der Waals surface area contributed by atoms with Crippen LogP contribution in [-0.4, -0.2) is 70.3 Å². The second kappa shape index (κ2) is 14.4. The molecule has 36 heavy (non-hydrogen) atoms. The maximum Gasteiger partial charge on any atom is 0.330 e. The highest BCUT2D eigenvalue weighted by molar-refractivity contribution is 7.44. The molecular formula is C23H36N5O7P. The lowest BCUT2D eigenvalue weighted by Crippen LogP contribution is -2.34. The van der Waals surface area contributed by atoms with Crippen LogP contribution in [0.4, 0.5) is 0 Å². The Balaban J connectivity index is 2.21. The lowest BCUT2D eigenvalue weighted by molar-refractivity contribution is -0.115. The molecule has 0 aliphatic carbocycles. The number of aromatic nitrogens is 2. The van der Waals surface area contributed by atoms with Crippen LogP contribution in [0.3, 0.4) is 0 Å². The topological polar surface area (TPSA) is 159 Å². The van der Waals surface area contributed by atoms with Crippen molar-refractivity contribution in [3.8, 4) is 6.07 Å². The van der Waals surface area contributed by atoms with E-state index in [1.54, 1.807) is 0 Å². The van der Waals surface area contributed by atoms with Crippen LogP contribution in [-0.2, 0) is 18.6 Å². The maximum atomic E-state index is 12.5. The molecular weight excluding hydrogens is 489 g/mol. The third-order valence-corrected chi connectivity index (χ3v) is 7.64. The molecule has 0 bridgehead atoms. The number of carbonyl (C=O) groups excluding carboxylic acids is 1. The zero-order valence-electron chi connectivity index (χ0n) is 21.3. The number of aliphatic hydroxyl groups excluding tert-OH is 1. The Hall–Kier alpha value is -2.39. The van der Waals surface area contributed by atoms with E-state index in [9.17, 15) is 19.5 Å². The van der Waals surface area contributed by atoms with Crippen LogP contribution in [0, 0.1) is 17.2 Å². The second-order valence-corrected chi connectivity index (χ2v) is 10.3. The molecule has 3 N–H and O–H groups in total. The molecule has 0 saturated carbocycles. The van der Waals surface area contributed by atoms with Crippen LogP contribution in [0.1, 0.15) is 52.3 Å². The molecule has 1 fully saturated rings. The van der Waals surface area contributed by atoms with E-state index in [2.05, 4.69) is 21.0 Å². The van der Waals surface area contributed by atoms with Crippen LogP contribution < -0.4 is 16.6 Å². The number of H-pyrrole nitrogens is 1. The van der Waals surface area contributed by atoms with Gasteiger partial charge in [0.15, 0.2) is 0 Å². The molecule has 200 valence electrons. The number of amides is 1. The first kappa shape index (κ1) is 29.8. The molecule has 1 aliphatic heterocycles. The van der Waals surface area contributed by atoms with Crippen LogP contribution in [0.2, 0.25) is 0 Å². The van der Waals surface area contributed by atoms with Gasteiger partial charge in [0.25, 0.3) is 14.1 Å². The number of rotatable bonds is 13. The van der Waals surface area contributed by atoms with Crippen LogP contribution in [0.5, 0.6) is 0 Å². The molecule has 13 heteroatoms. The molecule has 0 radical (unpaired) electrons. The summed E-state index contributed by atoms with van der Waals surface area (Å²) in [6.45, 7) is 8.32. The highest BCUT2D eigenvalue weighted by Gasteiger charge is 2.38. The second-order valence-electron chi connectivity index (χ2n) is 8.85. The third kappa shape index (κ3) is 8.06. The van der Waals surface area contributed by atoms with E-state index in [1.807, 2.05) is 27.7 Å². The Morgan fingerprint density at radius 2 is 2.08 bits per heavy atom. The Kier molecular flexibility index (Phi) is 11.9. The highest BCUT2D eigenvalue weighted by atomic mass is 31.2. The van der Waals surface area contributed by atoms with Crippen LogP contribution >= 0.6 is 8.53 Å². The fourth-order valence-corrected chi connectivity index (χ4v) is 5.54. The number of aliphatic hydroxyl groups is 1. The SMILES string of the molecule is CNC(=O)/C=C/c1cn([C@H]2C[C@H](COP(OCCC#N)N(C(C)C)C(C)C)[C@@H](CO)O2)c(=O)[nH]c1=O. The minimum atomic E-state index is -1.47. The van der Waals surface area contributed by atoms with Gasteiger partial charge in [-0.05, 0) is 33.8 Å². The fourth-order valence-electron chi connectivity index (χ4n) is 3.88. The number of carbonyl (C=O) groups is 1. The Morgan fingerprint density at radius 3 is 2.67 bits per heavy atom. The smallest absolute Gasteiger partial charge is 0.330 e. The number of likely N-dealkylation sites (N-methyl/N-ethyl adjacent to an activating group) is 1. The summed E-state index contributed by atoms with van der Waals surface area (Å²) in [4.78, 5) is 38.4. The monoisotopic (exact) mass is 525 g/mol. The number of aromatic amines is 1. The Bertz CT molecular complexity index is 1040. The number of hydrogen-bond donors (Lipinski definition) is 3. The number of nitrogens with one attached hydrogen (secondary N) is 2. The molecule has 1 aromatic heterocycles. The summed E-state index contributed by atoms with van der Waals surface area (Å²) in [7, 11) is -0.00827. The predicted molar refractivity (Wildman–Crippen MR) is 135 cm³/mol. The van der Waals surface area contributed by atoms with E-state index >= 15 is 0 Å². The van der Waals surface area contributed by atoms with Gasteiger partial charge in [-0.1, -0.05) is 0 Å². The van der Waals surface area contributed by atoms with E-state index in [0.29, 0.717) is 6.42 Å². The van der Waals surface area contributed by atoms with Gasteiger partial charge in [0.1, 0.15) is 6.23 Å². The zero-order valence-corrected chi connectivity index (χ0v) is 22.2. The van der Waals surface area contributed by atoms with Crippen molar-refractivity contribution in [1.82, 2.24) is 19.5 Å². The van der Waals surface area contributed by atoms with Gasteiger partial charge in [0.2, 0.25) is 5.91 Å². The standard InChI is InChI=1S/C23H36N5O7P/c1-15(2)28(16(3)4)36(33-10-6-9-24)34-14-18-11-21(35-19(18)13-29)27-12-17(7-8-20(30)25-5)22(31)26-23(27)32/h7-8,12,15-16,18-19,21,29H,6,10-11,13-14H2,1-5H3,(H,25,30)(H,26,31,32)/b8-7+/t18-,19-,21-,36?/m1/s1. The summed E-state index contributed by atoms with van der Waals surface area (Å²) in [5, 5.41) is 21.2. The number of nitriles is 1. The normalized spacial score (nSPS) is 20.9. The molecule has 4 atom stereocenters. The van der Waals surface area contributed by atoms with Crippen molar-refractivity contribution in [2.24, 2.45) is 5.92 Å². The van der Waals surface area contributed by atoms with E-state index in [-0.39, 0.29) is 49.8 Å². The van der Waals surface area contributed by atoms with Gasteiger partial charge in [-0.15, -0.1) is 0 Å². The maximum absolute atomic E-state index is 12.5. The van der Waals surface area contributed by atoms with Gasteiger partial charge in [0.05, 0.1) is 44.0 Å². The van der Waals surface area contributed by atoms with Gasteiger partial charge in [-0.25, -0.2) is 9.46 Å². The van der Waals surface area contributed by atoms with Crippen molar-refractivity contribution in [1.29, 1.82) is 5.26 Å². The van der Waals surface area contributed by atoms with Crippen molar-refractivity contribution >= 4 is 20.5 Å². The predicted octanol–water partition coefficient (Wildman–Crippen LogP) is 1.48. The summed E-state index contributed by atoms with van der Waals surface area (Å²) >= 11 is 0. The molecule has 0 spiro atoms. The van der Waals surface area contributed by atoms with Crippen LogP contribution in [0.15, 0.2) is 21.9 Å². The minimum Gasteiger partial charge on any atom is -0.394 e. The molecule has 12 nitrogen and oxygen atoms in total. The zero-order chi connectivity index (χ0) is 26.8. The van der Waals surface area contributed by atoms with E-state index in [0.717, 1.165) is 0 Å². The summed E-state index contributed by atoms with van der Waals surface area (Å²) < 4.78 is 21.4. The molecule has 1 saturated heterocycles. The van der Waals surface area contributed by atoms with Crippen molar-refractivity contribution in [2.75, 3.05) is 26.9 Å². The first-order chi connectivity index (χ1) is 17.1. The van der Waals surface area contributed by atoms with Gasteiger partial charge in [-0.2, -0.15) is 5.26 Å². The fraction of sp³-hybridized carbons (Fsp3) is 0.652. The molecule has 2 heterocycles. The van der Waals surface area contributed by atoms with Gasteiger partial charge >= 0.3 is 5.69 Å². The Labute approximate surface area is 211 Å². The number of ether oxygens (including phenoxy) is 1. The first-order valence-electron chi connectivity index (χ1n) is 11.9. The number of hydrogen-bond acceptors (Lipinski definition) is 9. The molecule has 1 amide bonds. The lowest BCUT2D eigenvalue weighted by Gasteiger charge is -2.36. The van der Waals surface area contributed by atoms with Gasteiger partial charge in [-0.3, -0.25) is 19.1 Å². The van der Waals surface area contributed by atoms with Crippen molar-refractivity contribution in [3.63, 3.8) is 0 Å². The average Bonchev–Trinajstić information content (AvgIpc) is 3.24. The number of nitrogens with zero attached hydrogens (tertiary/aromatic N) is 3. The van der Waals surface area contributed by atoms with E-state index in [1.165, 1.54) is 30.0 Å². The first-order valence-corrected chi connectivity index (χ1v) is 13.0. The lowest BCUT2D eigenvalue weighted by atomic mass is 10.0. The Morgan fingerprint density at radius 1 is 1.39 bits per heavy atom. The minimum absolute atomic E-state index is 0.112. The summed E-state index contributed by atoms with van der Waals surface area (Å²) in [5.41, 5.74) is -1.18. The average molecular weight is 526 g/mol. The van der Waals surface area contributed by atoms with Crippen LogP contribution in [0.25, 0.3) is 6.08 Å². The third-order valence-electron chi connectivity index (χ3n) is 5.57. The molecule has 2 rings (SSSR count). The summed E-state index contributed by atoms with van der Waals surface area (Å²) in [6.07, 6.45) is 3.08. The van der Waals surface area contributed by atoms with Crippen molar-refractivity contribution < 1.29 is 23.7 Å².